The Kier molecular flexibility index (Phi) is 5.79. The maximum atomic E-state index is 12.6. The molecule has 3 rings (SSSR count). The number of methoxy groups -OCH3 is 3. The summed E-state index contributed by atoms with van der Waals surface area (Å²) in [6.07, 6.45) is 0. The normalized spacial score (nSPS) is 11.5. The van der Waals surface area contributed by atoms with Crippen LogP contribution in [-0.2, 0) is 16.1 Å². The van der Waals surface area contributed by atoms with Gasteiger partial charge in [0.05, 0.1) is 31.5 Å². The van der Waals surface area contributed by atoms with Gasteiger partial charge >= 0.3 is 5.97 Å². The third-order valence-electron chi connectivity index (χ3n) is 4.20. The largest absolute Gasteiger partial charge is 0.493 e. The number of rotatable bonds is 5. The smallest absolute Gasteiger partial charge is 0.325 e. The number of thiazole rings is 1. The lowest BCUT2D eigenvalue weighted by Gasteiger charge is -2.09. The lowest BCUT2D eigenvalue weighted by Crippen LogP contribution is -2.22. The summed E-state index contributed by atoms with van der Waals surface area (Å²) < 4.78 is 17.9. The Morgan fingerprint density at radius 2 is 1.68 bits per heavy atom. The quantitative estimate of drug-likeness (QED) is 0.615. The molecular weight excluding hydrogens is 380 g/mol. The van der Waals surface area contributed by atoms with Crippen molar-refractivity contribution in [3.05, 3.63) is 52.3 Å². The summed E-state index contributed by atoms with van der Waals surface area (Å²) in [7, 11) is 4.40. The lowest BCUT2D eigenvalue weighted by molar-refractivity contribution is -0.141. The van der Waals surface area contributed by atoms with Crippen molar-refractivity contribution in [2.75, 3.05) is 21.3 Å². The molecule has 28 heavy (non-hydrogen) atoms. The van der Waals surface area contributed by atoms with E-state index < -0.39 is 5.97 Å². The first-order chi connectivity index (χ1) is 13.5. The van der Waals surface area contributed by atoms with Gasteiger partial charge in [-0.25, -0.2) is 0 Å². The summed E-state index contributed by atoms with van der Waals surface area (Å²) in [5, 5.41) is 0. The Balaban J connectivity index is 2.19. The van der Waals surface area contributed by atoms with Gasteiger partial charge in [-0.1, -0.05) is 29.0 Å². The predicted molar refractivity (Wildman–Crippen MR) is 106 cm³/mol. The second kappa shape index (κ2) is 8.26. The third kappa shape index (κ3) is 3.91. The monoisotopic (exact) mass is 400 g/mol. The van der Waals surface area contributed by atoms with E-state index in [1.54, 1.807) is 35.9 Å². The predicted octanol–water partition coefficient (Wildman–Crippen LogP) is 2.94. The first-order valence-corrected chi connectivity index (χ1v) is 9.26. The van der Waals surface area contributed by atoms with Gasteiger partial charge in [-0.3, -0.25) is 9.59 Å². The van der Waals surface area contributed by atoms with Gasteiger partial charge in [0.2, 0.25) is 0 Å². The first kappa shape index (κ1) is 19.6. The number of carbonyl (C=O) groups is 2. The number of ether oxygens (including phenoxy) is 3. The molecular formula is C20H20N2O5S. The van der Waals surface area contributed by atoms with Gasteiger partial charge in [0, 0.05) is 17.7 Å². The van der Waals surface area contributed by atoms with Gasteiger partial charge in [-0.2, -0.15) is 4.99 Å². The minimum Gasteiger partial charge on any atom is -0.493 e. The van der Waals surface area contributed by atoms with Gasteiger partial charge in [0.15, 0.2) is 16.3 Å². The zero-order chi connectivity index (χ0) is 20.3. The average molecular weight is 400 g/mol. The third-order valence-corrected chi connectivity index (χ3v) is 5.24. The molecule has 0 atom stereocenters. The van der Waals surface area contributed by atoms with Crippen molar-refractivity contribution >= 4 is 33.4 Å². The minimum atomic E-state index is -0.446. The van der Waals surface area contributed by atoms with E-state index in [0.29, 0.717) is 27.4 Å². The maximum Gasteiger partial charge on any atom is 0.325 e. The molecule has 1 amide bonds. The number of nitrogens with zero attached hydrogens (tertiary/aromatic N) is 2. The minimum absolute atomic E-state index is 0.0774. The maximum absolute atomic E-state index is 12.6. The molecule has 0 unspecified atom stereocenters. The molecule has 0 bridgehead atoms. The van der Waals surface area contributed by atoms with Crippen LogP contribution in [0.25, 0.3) is 10.2 Å². The fourth-order valence-electron chi connectivity index (χ4n) is 2.68. The standard InChI is InChI=1S/C20H20N2O5S/c1-12-5-7-13(8-6-12)19(24)21-20-22(11-18(23)27-4)14-9-15(25-2)16(26-3)10-17(14)28-20/h5-10H,11H2,1-4H3. The van der Waals surface area contributed by atoms with E-state index in [-0.39, 0.29) is 12.5 Å². The van der Waals surface area contributed by atoms with Crippen molar-refractivity contribution in [2.24, 2.45) is 4.99 Å². The summed E-state index contributed by atoms with van der Waals surface area (Å²) >= 11 is 1.28. The Morgan fingerprint density at radius 1 is 1.04 bits per heavy atom. The van der Waals surface area contributed by atoms with Crippen molar-refractivity contribution in [2.45, 2.75) is 13.5 Å². The molecule has 1 heterocycles. The van der Waals surface area contributed by atoms with E-state index in [2.05, 4.69) is 4.99 Å². The van der Waals surface area contributed by atoms with Crippen LogP contribution in [0.2, 0.25) is 0 Å². The van der Waals surface area contributed by atoms with Crippen LogP contribution in [0.4, 0.5) is 0 Å². The number of aryl methyl sites for hydroxylation is 1. The molecule has 146 valence electrons. The average Bonchev–Trinajstić information content (AvgIpc) is 3.02. The Hall–Kier alpha value is -3.13. The number of carbonyl (C=O) groups excluding carboxylic acids is 2. The van der Waals surface area contributed by atoms with Gasteiger partial charge < -0.3 is 18.8 Å². The zero-order valence-electron chi connectivity index (χ0n) is 16.0. The Morgan fingerprint density at radius 3 is 2.29 bits per heavy atom. The molecule has 0 fully saturated rings. The number of aromatic nitrogens is 1. The van der Waals surface area contributed by atoms with Crippen LogP contribution in [-0.4, -0.2) is 37.8 Å². The SMILES string of the molecule is COC(=O)Cn1c(=NC(=O)c2ccc(C)cc2)sc2cc(OC)c(OC)cc21. The number of hydrogen-bond acceptors (Lipinski definition) is 6. The molecule has 3 aromatic rings. The fraction of sp³-hybridized carbons (Fsp3) is 0.250. The molecule has 0 radical (unpaired) electrons. The van der Waals surface area contributed by atoms with Crippen LogP contribution in [0.15, 0.2) is 41.4 Å². The zero-order valence-corrected chi connectivity index (χ0v) is 16.8. The molecule has 0 saturated carbocycles. The van der Waals surface area contributed by atoms with E-state index in [4.69, 9.17) is 14.2 Å². The molecule has 0 N–H and O–H groups in total. The van der Waals surface area contributed by atoms with Gasteiger partial charge in [0.1, 0.15) is 6.54 Å². The van der Waals surface area contributed by atoms with Gasteiger partial charge in [-0.05, 0) is 19.1 Å². The number of hydrogen-bond donors (Lipinski definition) is 0. The van der Waals surface area contributed by atoms with Crippen molar-refractivity contribution in [3.63, 3.8) is 0 Å². The van der Waals surface area contributed by atoms with Crippen molar-refractivity contribution in [3.8, 4) is 11.5 Å². The van der Waals surface area contributed by atoms with Crippen molar-refractivity contribution in [1.29, 1.82) is 0 Å². The number of benzene rings is 2. The van der Waals surface area contributed by atoms with Gasteiger partial charge in [0.25, 0.3) is 5.91 Å². The van der Waals surface area contributed by atoms with E-state index in [1.165, 1.54) is 25.6 Å². The topological polar surface area (TPSA) is 79.1 Å². The molecule has 1 aromatic heterocycles. The summed E-state index contributed by atoms with van der Waals surface area (Å²) in [5.74, 6) is 0.239. The highest BCUT2D eigenvalue weighted by molar-refractivity contribution is 7.16. The molecule has 8 heteroatoms. The Labute approximate surface area is 165 Å². The fourth-order valence-corrected chi connectivity index (χ4v) is 3.71. The molecule has 7 nitrogen and oxygen atoms in total. The first-order valence-electron chi connectivity index (χ1n) is 8.44. The molecule has 0 saturated heterocycles. The van der Waals surface area contributed by atoms with Crippen LogP contribution in [0.5, 0.6) is 11.5 Å². The molecule has 0 aliphatic rings. The van der Waals surface area contributed by atoms with Crippen LogP contribution in [0, 0.1) is 6.92 Å². The molecule has 0 aliphatic heterocycles. The molecule has 0 aliphatic carbocycles. The summed E-state index contributed by atoms with van der Waals surface area (Å²) in [4.78, 5) is 29.2. The molecule has 0 spiro atoms. The second-order valence-corrected chi connectivity index (χ2v) is 7.01. The number of fused-ring (bicyclic) bond motifs is 1. The number of amides is 1. The second-order valence-electron chi connectivity index (χ2n) is 6.00. The van der Waals surface area contributed by atoms with Crippen LogP contribution >= 0.6 is 11.3 Å². The highest BCUT2D eigenvalue weighted by atomic mass is 32.1. The highest BCUT2D eigenvalue weighted by Crippen LogP contribution is 2.33. The van der Waals surface area contributed by atoms with Gasteiger partial charge in [-0.15, -0.1) is 0 Å². The van der Waals surface area contributed by atoms with Crippen molar-refractivity contribution < 1.29 is 23.8 Å². The van der Waals surface area contributed by atoms with E-state index in [9.17, 15) is 9.59 Å². The summed E-state index contributed by atoms with van der Waals surface area (Å²) in [6, 6.07) is 10.7. The van der Waals surface area contributed by atoms with E-state index in [1.807, 2.05) is 19.1 Å². The van der Waals surface area contributed by atoms with E-state index in [0.717, 1.165) is 10.3 Å². The molecule has 2 aromatic carbocycles. The number of esters is 1. The summed E-state index contributed by atoms with van der Waals surface area (Å²) in [6.45, 7) is 1.87. The van der Waals surface area contributed by atoms with Crippen LogP contribution in [0.1, 0.15) is 15.9 Å². The highest BCUT2D eigenvalue weighted by Gasteiger charge is 2.16. The lowest BCUT2D eigenvalue weighted by atomic mass is 10.1. The summed E-state index contributed by atoms with van der Waals surface area (Å²) in [5.41, 5.74) is 2.23. The van der Waals surface area contributed by atoms with Crippen LogP contribution in [0.3, 0.4) is 0 Å². The van der Waals surface area contributed by atoms with Crippen molar-refractivity contribution in [1.82, 2.24) is 4.57 Å². The van der Waals surface area contributed by atoms with Crippen LogP contribution < -0.4 is 14.3 Å². The Bertz CT molecular complexity index is 1100. The van der Waals surface area contributed by atoms with E-state index >= 15 is 0 Å².